The fraction of sp³-hybridized carbons (Fsp3) is 0.250. The molecule has 2 aromatic carbocycles. The summed E-state index contributed by atoms with van der Waals surface area (Å²) in [5.41, 5.74) is 2.23. The second-order valence-corrected chi connectivity index (χ2v) is 8.43. The summed E-state index contributed by atoms with van der Waals surface area (Å²) in [7, 11) is 0. The van der Waals surface area contributed by atoms with E-state index >= 15 is 0 Å². The smallest absolute Gasteiger partial charge is 0.226 e. The van der Waals surface area contributed by atoms with Crippen LogP contribution >= 0.6 is 23.4 Å². The molecule has 0 bridgehead atoms. The number of benzene rings is 2. The second kappa shape index (κ2) is 7.46. The Morgan fingerprint density at radius 2 is 1.97 bits per heavy atom. The van der Waals surface area contributed by atoms with E-state index in [1.54, 1.807) is 10.9 Å². The van der Waals surface area contributed by atoms with Crippen LogP contribution in [0.1, 0.15) is 10.9 Å². The zero-order valence-corrected chi connectivity index (χ0v) is 16.8. The molecule has 1 fully saturated rings. The minimum Gasteiger partial charge on any atom is -0.389 e. The monoisotopic (exact) mass is 427 g/mol. The summed E-state index contributed by atoms with van der Waals surface area (Å²) in [6, 6.07) is 14.4. The van der Waals surface area contributed by atoms with Crippen molar-refractivity contribution in [2.24, 2.45) is 0 Å². The largest absolute Gasteiger partial charge is 0.389 e. The van der Waals surface area contributed by atoms with Crippen molar-refractivity contribution in [2.75, 3.05) is 11.1 Å². The number of hydrogen-bond acceptors (Lipinski definition) is 7. The van der Waals surface area contributed by atoms with Gasteiger partial charge in [-0.2, -0.15) is 9.97 Å². The van der Waals surface area contributed by atoms with Crippen LogP contribution in [0.4, 0.5) is 5.82 Å². The summed E-state index contributed by atoms with van der Waals surface area (Å²) < 4.78 is 1.75. The lowest BCUT2D eigenvalue weighted by molar-refractivity contribution is 0.0313. The van der Waals surface area contributed by atoms with Crippen LogP contribution in [0.5, 0.6) is 0 Å². The molecule has 0 amide bonds. The van der Waals surface area contributed by atoms with Crippen molar-refractivity contribution < 1.29 is 10.2 Å². The average Bonchev–Trinajstić information content (AvgIpc) is 3.29. The molecule has 1 aliphatic heterocycles. The first-order chi connectivity index (χ1) is 14.1. The number of anilines is 1. The van der Waals surface area contributed by atoms with E-state index in [0.717, 1.165) is 5.56 Å². The number of imidazole rings is 1. The molecule has 4 aromatic rings. The van der Waals surface area contributed by atoms with Crippen molar-refractivity contribution in [3.8, 4) is 0 Å². The minimum absolute atomic E-state index is 0.0951. The Bertz CT molecular complexity index is 1190. The maximum atomic E-state index is 10.3. The van der Waals surface area contributed by atoms with Gasteiger partial charge in [0.15, 0.2) is 17.0 Å². The number of nitrogens with zero attached hydrogens (tertiary/aromatic N) is 4. The SMILES string of the molecule is O[C@@H]1[C@H](O)CS[C@H]1n1cnc2c(NCc3cccc4ccccc34)nc(Cl)nc21. The topological polar surface area (TPSA) is 96.1 Å². The van der Waals surface area contributed by atoms with E-state index in [1.165, 1.54) is 22.5 Å². The molecule has 3 N–H and O–H groups in total. The molecular weight excluding hydrogens is 410 g/mol. The molecule has 0 unspecified atom stereocenters. The molecule has 0 aliphatic carbocycles. The summed E-state index contributed by atoms with van der Waals surface area (Å²) in [4.78, 5) is 13.1. The predicted molar refractivity (Wildman–Crippen MR) is 115 cm³/mol. The molecule has 3 atom stereocenters. The van der Waals surface area contributed by atoms with Crippen LogP contribution < -0.4 is 5.32 Å². The third kappa shape index (κ3) is 3.32. The number of aliphatic hydroxyl groups excluding tert-OH is 2. The molecule has 1 saturated heterocycles. The second-order valence-electron chi connectivity index (χ2n) is 6.94. The Morgan fingerprint density at radius 1 is 1.14 bits per heavy atom. The number of thioether (sulfide) groups is 1. The lowest BCUT2D eigenvalue weighted by atomic mass is 10.0. The van der Waals surface area contributed by atoms with Crippen LogP contribution in [-0.2, 0) is 6.54 Å². The quantitative estimate of drug-likeness (QED) is 0.430. The Labute approximate surface area is 175 Å². The molecule has 1 aliphatic rings. The summed E-state index contributed by atoms with van der Waals surface area (Å²) in [6.07, 6.45) is -0.0560. The molecule has 148 valence electrons. The highest BCUT2D eigenvalue weighted by molar-refractivity contribution is 7.99. The van der Waals surface area contributed by atoms with Gasteiger partial charge in [-0.3, -0.25) is 4.57 Å². The van der Waals surface area contributed by atoms with Gasteiger partial charge in [-0.1, -0.05) is 42.5 Å². The fourth-order valence-electron chi connectivity index (χ4n) is 3.65. The normalized spacial score (nSPS) is 21.8. The van der Waals surface area contributed by atoms with E-state index in [1.807, 2.05) is 18.2 Å². The Morgan fingerprint density at radius 3 is 2.79 bits per heavy atom. The minimum atomic E-state index is -0.891. The average molecular weight is 428 g/mol. The van der Waals surface area contributed by atoms with Crippen molar-refractivity contribution in [2.45, 2.75) is 24.1 Å². The zero-order chi connectivity index (χ0) is 20.0. The van der Waals surface area contributed by atoms with Crippen LogP contribution in [0, 0.1) is 0 Å². The van der Waals surface area contributed by atoms with E-state index in [4.69, 9.17) is 11.6 Å². The maximum absolute atomic E-state index is 10.3. The molecule has 7 nitrogen and oxygen atoms in total. The first-order valence-corrected chi connectivity index (χ1v) is 10.6. The van der Waals surface area contributed by atoms with Crippen molar-refractivity contribution >= 4 is 51.1 Å². The standard InChI is InChI=1S/C20H18ClN5O2S/c21-20-24-17(22-8-12-6-3-5-11-4-1-2-7-13(11)12)15-18(25-20)26(10-23-15)19-16(28)14(27)9-29-19/h1-7,10,14,16,19,27-28H,8-9H2,(H,22,24,25)/t14-,16-,19-/m1/s1. The van der Waals surface area contributed by atoms with Crippen LogP contribution in [0.15, 0.2) is 48.8 Å². The lowest BCUT2D eigenvalue weighted by Crippen LogP contribution is -2.27. The van der Waals surface area contributed by atoms with Gasteiger partial charge < -0.3 is 15.5 Å². The molecular formula is C20H18ClN5O2S. The van der Waals surface area contributed by atoms with Gasteiger partial charge >= 0.3 is 0 Å². The van der Waals surface area contributed by atoms with Crippen LogP contribution in [-0.4, -0.2) is 47.7 Å². The highest BCUT2D eigenvalue weighted by Crippen LogP contribution is 2.38. The van der Waals surface area contributed by atoms with Crippen molar-refractivity contribution in [1.29, 1.82) is 0 Å². The molecule has 5 rings (SSSR count). The van der Waals surface area contributed by atoms with Gasteiger partial charge in [-0.05, 0) is 27.9 Å². The van der Waals surface area contributed by atoms with Crippen molar-refractivity contribution in [3.05, 3.63) is 59.6 Å². The number of aromatic nitrogens is 4. The van der Waals surface area contributed by atoms with Gasteiger partial charge in [-0.15, -0.1) is 11.8 Å². The molecule has 9 heteroatoms. The van der Waals surface area contributed by atoms with Gasteiger partial charge in [0.2, 0.25) is 5.28 Å². The molecule has 0 spiro atoms. The maximum Gasteiger partial charge on any atom is 0.226 e. The van der Waals surface area contributed by atoms with E-state index in [9.17, 15) is 10.2 Å². The summed E-state index contributed by atoms with van der Waals surface area (Å²) in [6.45, 7) is 0.552. The highest BCUT2D eigenvalue weighted by atomic mass is 35.5. The molecule has 2 aromatic heterocycles. The summed E-state index contributed by atoms with van der Waals surface area (Å²) >= 11 is 7.63. The summed E-state index contributed by atoms with van der Waals surface area (Å²) in [5.74, 6) is 0.987. The third-order valence-electron chi connectivity index (χ3n) is 5.12. The Kier molecular flexibility index (Phi) is 4.79. The van der Waals surface area contributed by atoms with Crippen LogP contribution in [0.2, 0.25) is 5.28 Å². The number of aliphatic hydroxyl groups is 2. The molecule has 29 heavy (non-hydrogen) atoms. The molecule has 0 saturated carbocycles. The van der Waals surface area contributed by atoms with Crippen molar-refractivity contribution in [3.63, 3.8) is 0 Å². The fourth-order valence-corrected chi connectivity index (χ4v) is 5.10. The van der Waals surface area contributed by atoms with E-state index < -0.39 is 12.2 Å². The van der Waals surface area contributed by atoms with E-state index in [2.05, 4.69) is 44.5 Å². The van der Waals surface area contributed by atoms with Crippen LogP contribution in [0.3, 0.4) is 0 Å². The van der Waals surface area contributed by atoms with Gasteiger partial charge in [0.05, 0.1) is 12.4 Å². The van der Waals surface area contributed by atoms with Gasteiger partial charge in [0.1, 0.15) is 11.5 Å². The Balaban J connectivity index is 1.49. The van der Waals surface area contributed by atoms with Gasteiger partial charge in [0, 0.05) is 12.3 Å². The zero-order valence-electron chi connectivity index (χ0n) is 15.2. The Hall–Kier alpha value is -2.39. The summed E-state index contributed by atoms with van der Waals surface area (Å²) in [5, 5.41) is 25.5. The van der Waals surface area contributed by atoms with E-state index in [-0.39, 0.29) is 10.7 Å². The number of rotatable bonds is 4. The predicted octanol–water partition coefficient (Wildman–Crippen LogP) is 3.21. The van der Waals surface area contributed by atoms with Gasteiger partial charge in [-0.25, -0.2) is 4.98 Å². The molecule has 3 heterocycles. The third-order valence-corrected chi connectivity index (χ3v) is 6.67. The number of halogens is 1. The van der Waals surface area contributed by atoms with Crippen LogP contribution in [0.25, 0.3) is 21.9 Å². The number of fused-ring (bicyclic) bond motifs is 2. The van der Waals surface area contributed by atoms with E-state index in [0.29, 0.717) is 29.3 Å². The highest BCUT2D eigenvalue weighted by Gasteiger charge is 2.36. The molecule has 0 radical (unpaired) electrons. The first-order valence-electron chi connectivity index (χ1n) is 9.20. The number of hydrogen-bond donors (Lipinski definition) is 3. The van der Waals surface area contributed by atoms with Gasteiger partial charge in [0.25, 0.3) is 0 Å². The first kappa shape index (κ1) is 18.6. The van der Waals surface area contributed by atoms with Crippen molar-refractivity contribution in [1.82, 2.24) is 19.5 Å². The lowest BCUT2D eigenvalue weighted by Gasteiger charge is -2.17. The number of nitrogens with one attached hydrogen (secondary N) is 1.